The lowest BCUT2D eigenvalue weighted by molar-refractivity contribution is 0.955. The highest BCUT2D eigenvalue weighted by atomic mass is 35.5. The summed E-state index contributed by atoms with van der Waals surface area (Å²) < 4.78 is 0. The first-order chi connectivity index (χ1) is 9.81. The van der Waals surface area contributed by atoms with E-state index in [1.54, 1.807) is 0 Å². The number of halogens is 1. The van der Waals surface area contributed by atoms with E-state index in [1.165, 1.54) is 0 Å². The number of para-hydroxylation sites is 1. The molecule has 0 aliphatic heterocycles. The van der Waals surface area contributed by atoms with Gasteiger partial charge in [-0.15, -0.1) is 0 Å². The molecule has 3 aromatic rings. The summed E-state index contributed by atoms with van der Waals surface area (Å²) >= 11 is 5.96. The van der Waals surface area contributed by atoms with Crippen molar-refractivity contribution in [3.05, 3.63) is 65.4 Å². The quantitative estimate of drug-likeness (QED) is 0.767. The second-order valence-corrected chi connectivity index (χ2v) is 4.77. The highest BCUT2D eigenvalue weighted by Crippen LogP contribution is 2.19. The molecule has 0 unspecified atom stereocenters. The van der Waals surface area contributed by atoms with Crippen LogP contribution in [-0.4, -0.2) is 15.2 Å². The summed E-state index contributed by atoms with van der Waals surface area (Å²) in [6.07, 6.45) is 0. The molecule has 0 spiro atoms. The standard InChI is InChI=1S/C15H13ClN4/c16-12-6-4-5-11(9-12)15-18-14(19-20-15)10-17-13-7-2-1-3-8-13/h1-9,17H,10H2,(H,18,19,20). The predicted octanol–water partition coefficient (Wildman–Crippen LogP) is 3.74. The molecule has 4 nitrogen and oxygen atoms in total. The molecule has 0 aliphatic carbocycles. The van der Waals surface area contributed by atoms with Gasteiger partial charge in [0.1, 0.15) is 5.82 Å². The summed E-state index contributed by atoms with van der Waals surface area (Å²) in [5.74, 6) is 1.43. The molecule has 2 N–H and O–H groups in total. The molecule has 100 valence electrons. The molecule has 20 heavy (non-hydrogen) atoms. The van der Waals surface area contributed by atoms with Crippen LogP contribution in [0, 0.1) is 0 Å². The van der Waals surface area contributed by atoms with E-state index in [0.29, 0.717) is 17.4 Å². The van der Waals surface area contributed by atoms with Crippen molar-refractivity contribution >= 4 is 17.3 Å². The molecule has 1 heterocycles. The Morgan fingerprint density at radius 2 is 1.90 bits per heavy atom. The van der Waals surface area contributed by atoms with Crippen LogP contribution in [0.3, 0.4) is 0 Å². The molecule has 0 amide bonds. The number of nitrogens with zero attached hydrogens (tertiary/aromatic N) is 2. The third-order valence-corrected chi connectivity index (χ3v) is 3.08. The van der Waals surface area contributed by atoms with E-state index in [9.17, 15) is 0 Å². The van der Waals surface area contributed by atoms with Crippen molar-refractivity contribution < 1.29 is 0 Å². The Morgan fingerprint density at radius 3 is 2.70 bits per heavy atom. The van der Waals surface area contributed by atoms with Crippen LogP contribution >= 0.6 is 11.6 Å². The molecule has 0 bridgehead atoms. The minimum Gasteiger partial charge on any atom is -0.378 e. The fourth-order valence-corrected chi connectivity index (χ4v) is 2.06. The number of hydrogen-bond donors (Lipinski definition) is 2. The summed E-state index contributed by atoms with van der Waals surface area (Å²) in [7, 11) is 0. The second kappa shape index (κ2) is 5.75. The Hall–Kier alpha value is -2.33. The lowest BCUT2D eigenvalue weighted by Crippen LogP contribution is -2.00. The van der Waals surface area contributed by atoms with Crippen LogP contribution in [0.4, 0.5) is 5.69 Å². The van der Waals surface area contributed by atoms with Crippen LogP contribution in [-0.2, 0) is 6.54 Å². The predicted molar refractivity (Wildman–Crippen MR) is 80.6 cm³/mol. The van der Waals surface area contributed by atoms with E-state index < -0.39 is 0 Å². The zero-order valence-electron chi connectivity index (χ0n) is 10.7. The van der Waals surface area contributed by atoms with E-state index in [-0.39, 0.29) is 0 Å². The van der Waals surface area contributed by atoms with Gasteiger partial charge in [0.25, 0.3) is 0 Å². The number of hydrogen-bond acceptors (Lipinski definition) is 3. The first-order valence-corrected chi connectivity index (χ1v) is 6.65. The van der Waals surface area contributed by atoms with Gasteiger partial charge in [-0.3, -0.25) is 5.10 Å². The van der Waals surface area contributed by atoms with Crippen molar-refractivity contribution in [2.75, 3.05) is 5.32 Å². The molecule has 0 radical (unpaired) electrons. The maximum absolute atomic E-state index is 5.96. The molecular formula is C15H13ClN4. The number of benzene rings is 2. The zero-order chi connectivity index (χ0) is 13.8. The molecule has 0 fully saturated rings. The summed E-state index contributed by atoms with van der Waals surface area (Å²) in [5.41, 5.74) is 1.95. The largest absolute Gasteiger partial charge is 0.378 e. The van der Waals surface area contributed by atoms with Gasteiger partial charge in [0.15, 0.2) is 5.82 Å². The molecule has 2 aromatic carbocycles. The van der Waals surface area contributed by atoms with Gasteiger partial charge in [0, 0.05) is 16.3 Å². The van der Waals surface area contributed by atoms with Gasteiger partial charge in [-0.25, -0.2) is 4.98 Å². The van der Waals surface area contributed by atoms with Crippen LogP contribution < -0.4 is 5.32 Å². The first-order valence-electron chi connectivity index (χ1n) is 6.27. The molecular weight excluding hydrogens is 272 g/mol. The minimum atomic E-state index is 0.595. The van der Waals surface area contributed by atoms with Gasteiger partial charge < -0.3 is 5.32 Å². The summed E-state index contributed by atoms with van der Waals surface area (Å²) in [6, 6.07) is 17.5. The van der Waals surface area contributed by atoms with Crippen LogP contribution in [0.25, 0.3) is 11.4 Å². The van der Waals surface area contributed by atoms with Crippen molar-refractivity contribution in [2.24, 2.45) is 0 Å². The molecule has 0 aliphatic rings. The lowest BCUT2D eigenvalue weighted by Gasteiger charge is -2.02. The van der Waals surface area contributed by atoms with Gasteiger partial charge in [-0.1, -0.05) is 41.9 Å². The van der Waals surface area contributed by atoms with Gasteiger partial charge in [-0.05, 0) is 24.3 Å². The number of rotatable bonds is 4. The number of aromatic amines is 1. The van der Waals surface area contributed by atoms with Crippen molar-refractivity contribution in [1.82, 2.24) is 15.2 Å². The average molecular weight is 285 g/mol. The fourth-order valence-electron chi connectivity index (χ4n) is 1.87. The Morgan fingerprint density at radius 1 is 1.05 bits per heavy atom. The molecule has 0 atom stereocenters. The minimum absolute atomic E-state index is 0.595. The molecule has 1 aromatic heterocycles. The van der Waals surface area contributed by atoms with Crippen molar-refractivity contribution in [1.29, 1.82) is 0 Å². The summed E-state index contributed by atoms with van der Waals surface area (Å²) in [6.45, 7) is 0.595. The highest BCUT2D eigenvalue weighted by Gasteiger charge is 2.06. The molecule has 0 saturated carbocycles. The van der Waals surface area contributed by atoms with Gasteiger partial charge in [0.05, 0.1) is 6.54 Å². The maximum Gasteiger partial charge on any atom is 0.181 e. The molecule has 3 rings (SSSR count). The van der Waals surface area contributed by atoms with Crippen LogP contribution in [0.5, 0.6) is 0 Å². The van der Waals surface area contributed by atoms with E-state index in [1.807, 2.05) is 54.6 Å². The van der Waals surface area contributed by atoms with Crippen LogP contribution in [0.15, 0.2) is 54.6 Å². The topological polar surface area (TPSA) is 53.6 Å². The van der Waals surface area contributed by atoms with Gasteiger partial charge in [-0.2, -0.15) is 5.10 Å². The van der Waals surface area contributed by atoms with E-state index in [0.717, 1.165) is 17.1 Å². The van der Waals surface area contributed by atoms with Crippen LogP contribution in [0.2, 0.25) is 5.02 Å². The van der Waals surface area contributed by atoms with Crippen molar-refractivity contribution in [3.63, 3.8) is 0 Å². The average Bonchev–Trinajstić information content (AvgIpc) is 2.95. The third-order valence-electron chi connectivity index (χ3n) is 2.85. The smallest absolute Gasteiger partial charge is 0.181 e. The van der Waals surface area contributed by atoms with E-state index in [4.69, 9.17) is 11.6 Å². The Labute approximate surface area is 121 Å². The molecule has 5 heteroatoms. The number of H-pyrrole nitrogens is 1. The van der Waals surface area contributed by atoms with E-state index >= 15 is 0 Å². The summed E-state index contributed by atoms with van der Waals surface area (Å²) in [4.78, 5) is 4.45. The van der Waals surface area contributed by atoms with Gasteiger partial charge in [0.2, 0.25) is 0 Å². The second-order valence-electron chi connectivity index (χ2n) is 4.34. The van der Waals surface area contributed by atoms with Gasteiger partial charge >= 0.3 is 0 Å². The Balaban J connectivity index is 1.71. The van der Waals surface area contributed by atoms with E-state index in [2.05, 4.69) is 20.5 Å². The zero-order valence-corrected chi connectivity index (χ0v) is 11.4. The lowest BCUT2D eigenvalue weighted by atomic mass is 10.2. The Kier molecular flexibility index (Phi) is 3.65. The summed E-state index contributed by atoms with van der Waals surface area (Å²) in [5, 5.41) is 11.1. The first kappa shape index (κ1) is 12.7. The maximum atomic E-state index is 5.96. The van der Waals surface area contributed by atoms with Crippen LogP contribution in [0.1, 0.15) is 5.82 Å². The fraction of sp³-hybridized carbons (Fsp3) is 0.0667. The number of aromatic nitrogens is 3. The SMILES string of the molecule is Clc1cccc(-c2n[nH]c(CNc3ccccc3)n2)c1. The monoisotopic (exact) mass is 284 g/mol. The number of anilines is 1. The number of nitrogens with one attached hydrogen (secondary N) is 2. The normalized spacial score (nSPS) is 10.4. The molecule has 0 saturated heterocycles. The van der Waals surface area contributed by atoms with Crippen molar-refractivity contribution in [3.8, 4) is 11.4 Å². The van der Waals surface area contributed by atoms with Crippen molar-refractivity contribution in [2.45, 2.75) is 6.54 Å². The third kappa shape index (κ3) is 2.97. The highest BCUT2D eigenvalue weighted by molar-refractivity contribution is 6.30. The Bertz CT molecular complexity index is 694.